The topological polar surface area (TPSA) is 12.5 Å². The maximum absolute atomic E-state index is 5.45. The maximum Gasteiger partial charge on any atom is 0.0472 e. The van der Waals surface area contributed by atoms with Crippen LogP contribution in [0.15, 0.2) is 0 Å². The predicted molar refractivity (Wildman–Crippen MR) is 68.6 cm³/mol. The Morgan fingerprint density at radius 3 is 2.40 bits per heavy atom. The van der Waals surface area contributed by atoms with Crippen LogP contribution in [0.2, 0.25) is 0 Å². The van der Waals surface area contributed by atoms with Crippen molar-refractivity contribution in [2.24, 2.45) is 11.3 Å². The summed E-state index contributed by atoms with van der Waals surface area (Å²) < 4.78 is 5.45. The maximum atomic E-state index is 5.45. The third kappa shape index (κ3) is 4.41. The van der Waals surface area contributed by atoms with Gasteiger partial charge in [0.05, 0.1) is 0 Å². The van der Waals surface area contributed by atoms with Gasteiger partial charge in [-0.3, -0.25) is 0 Å². The van der Waals surface area contributed by atoms with E-state index in [-0.39, 0.29) is 0 Å². The summed E-state index contributed by atoms with van der Waals surface area (Å²) in [5, 5.41) is 1.10. The number of ether oxygens (including phenoxy) is 1. The van der Waals surface area contributed by atoms with Gasteiger partial charge in [0.15, 0.2) is 0 Å². The predicted octanol–water partition coefficient (Wildman–Crippen LogP) is 2.77. The van der Waals surface area contributed by atoms with Gasteiger partial charge in [0.25, 0.3) is 0 Å². The minimum atomic E-state index is 0.446. The normalized spacial score (nSPS) is 21.2. The lowest BCUT2D eigenvalue weighted by Crippen LogP contribution is -2.42. The van der Waals surface area contributed by atoms with Gasteiger partial charge in [-0.2, -0.15) is 0 Å². The van der Waals surface area contributed by atoms with Gasteiger partial charge in [-0.15, -0.1) is 0 Å². The first kappa shape index (κ1) is 13.5. The summed E-state index contributed by atoms with van der Waals surface area (Å²) in [6, 6.07) is 0. The first-order valence-electron chi connectivity index (χ1n) is 5.90. The minimum Gasteiger partial charge on any atom is -0.381 e. The molecule has 1 fully saturated rings. The molecule has 0 unspecified atom stereocenters. The zero-order valence-corrected chi connectivity index (χ0v) is 11.8. The molecule has 90 valence electrons. The molecule has 15 heavy (non-hydrogen) atoms. The Bertz CT molecular complexity index is 178. The van der Waals surface area contributed by atoms with Crippen molar-refractivity contribution >= 4 is 15.9 Å². The second-order valence-corrected chi connectivity index (χ2v) is 5.90. The van der Waals surface area contributed by atoms with Gasteiger partial charge in [0.1, 0.15) is 0 Å². The third-order valence-electron chi connectivity index (χ3n) is 3.12. The zero-order chi connectivity index (χ0) is 11.3. The molecule has 1 saturated heterocycles. The first-order valence-corrected chi connectivity index (χ1v) is 7.02. The summed E-state index contributed by atoms with van der Waals surface area (Å²) in [5.74, 6) is 0.752. The van der Waals surface area contributed by atoms with E-state index in [1.165, 1.54) is 25.9 Å². The fraction of sp³-hybridized carbons (Fsp3) is 1.00. The molecule has 0 saturated carbocycles. The van der Waals surface area contributed by atoms with Crippen LogP contribution in [0, 0.1) is 11.3 Å². The molecule has 0 bridgehead atoms. The molecule has 1 heterocycles. The van der Waals surface area contributed by atoms with E-state index < -0.39 is 0 Å². The molecule has 0 aromatic carbocycles. The molecule has 1 aliphatic heterocycles. The SMILES string of the molecule is CC(C)CN(C)CC1(CBr)CCOCC1. The van der Waals surface area contributed by atoms with Crippen LogP contribution in [0.3, 0.4) is 0 Å². The Labute approximate surface area is 102 Å². The fourth-order valence-electron chi connectivity index (χ4n) is 2.40. The molecule has 0 spiro atoms. The molecule has 3 heteroatoms. The number of nitrogens with zero attached hydrogens (tertiary/aromatic N) is 1. The van der Waals surface area contributed by atoms with Crippen molar-refractivity contribution < 1.29 is 4.74 Å². The van der Waals surface area contributed by atoms with E-state index in [9.17, 15) is 0 Å². The second-order valence-electron chi connectivity index (χ2n) is 5.34. The highest BCUT2D eigenvalue weighted by Crippen LogP contribution is 2.33. The van der Waals surface area contributed by atoms with Gasteiger partial charge in [-0.05, 0) is 31.2 Å². The smallest absolute Gasteiger partial charge is 0.0472 e. The van der Waals surface area contributed by atoms with E-state index >= 15 is 0 Å². The van der Waals surface area contributed by atoms with Gasteiger partial charge < -0.3 is 9.64 Å². The van der Waals surface area contributed by atoms with E-state index in [1.54, 1.807) is 0 Å². The van der Waals surface area contributed by atoms with Crippen molar-refractivity contribution in [1.82, 2.24) is 4.90 Å². The highest BCUT2D eigenvalue weighted by Gasteiger charge is 2.32. The molecule has 0 aliphatic carbocycles. The van der Waals surface area contributed by atoms with Crippen molar-refractivity contribution in [3.63, 3.8) is 0 Å². The fourth-order valence-corrected chi connectivity index (χ4v) is 3.14. The summed E-state index contributed by atoms with van der Waals surface area (Å²) in [5.41, 5.74) is 0.446. The second kappa shape index (κ2) is 6.21. The highest BCUT2D eigenvalue weighted by molar-refractivity contribution is 9.09. The number of rotatable bonds is 5. The van der Waals surface area contributed by atoms with Crippen LogP contribution in [-0.2, 0) is 4.74 Å². The molecule has 2 nitrogen and oxygen atoms in total. The van der Waals surface area contributed by atoms with Gasteiger partial charge in [-0.1, -0.05) is 29.8 Å². The summed E-state index contributed by atoms with van der Waals surface area (Å²) >= 11 is 3.68. The monoisotopic (exact) mass is 277 g/mol. The molecule has 0 radical (unpaired) electrons. The van der Waals surface area contributed by atoms with Crippen molar-refractivity contribution in [2.45, 2.75) is 26.7 Å². The van der Waals surface area contributed by atoms with Crippen molar-refractivity contribution in [1.29, 1.82) is 0 Å². The summed E-state index contributed by atoms with van der Waals surface area (Å²) in [6.45, 7) is 8.81. The Balaban J connectivity index is 2.43. The summed E-state index contributed by atoms with van der Waals surface area (Å²) in [6.07, 6.45) is 2.39. The van der Waals surface area contributed by atoms with Crippen LogP contribution in [-0.4, -0.2) is 43.6 Å². The molecule has 0 N–H and O–H groups in total. The van der Waals surface area contributed by atoms with E-state index in [0.717, 1.165) is 24.5 Å². The lowest BCUT2D eigenvalue weighted by atomic mass is 9.82. The summed E-state index contributed by atoms with van der Waals surface area (Å²) in [7, 11) is 2.24. The quantitative estimate of drug-likeness (QED) is 0.717. The van der Waals surface area contributed by atoms with E-state index in [2.05, 4.69) is 41.7 Å². The third-order valence-corrected chi connectivity index (χ3v) is 4.31. The lowest BCUT2D eigenvalue weighted by molar-refractivity contribution is 0.0107. The van der Waals surface area contributed by atoms with Crippen molar-refractivity contribution in [2.75, 3.05) is 38.7 Å². The zero-order valence-electron chi connectivity index (χ0n) is 10.3. The molecule has 0 aromatic rings. The molecule has 0 atom stereocenters. The highest BCUT2D eigenvalue weighted by atomic mass is 79.9. The van der Waals surface area contributed by atoms with Crippen LogP contribution < -0.4 is 0 Å². The Morgan fingerprint density at radius 2 is 1.93 bits per heavy atom. The van der Waals surface area contributed by atoms with Crippen LogP contribution >= 0.6 is 15.9 Å². The average Bonchev–Trinajstić information content (AvgIpc) is 2.17. The number of halogens is 1. The van der Waals surface area contributed by atoms with E-state index in [1.807, 2.05) is 0 Å². The van der Waals surface area contributed by atoms with Gasteiger partial charge >= 0.3 is 0 Å². The number of hydrogen-bond acceptors (Lipinski definition) is 2. The summed E-state index contributed by atoms with van der Waals surface area (Å²) in [4.78, 5) is 2.47. The van der Waals surface area contributed by atoms with Crippen LogP contribution in [0.4, 0.5) is 0 Å². The Morgan fingerprint density at radius 1 is 1.33 bits per heavy atom. The van der Waals surface area contributed by atoms with Crippen molar-refractivity contribution in [3.05, 3.63) is 0 Å². The number of alkyl halides is 1. The molecule has 0 amide bonds. The van der Waals surface area contributed by atoms with E-state index in [0.29, 0.717) is 5.41 Å². The number of hydrogen-bond donors (Lipinski definition) is 0. The standard InChI is InChI=1S/C12H24BrNO/c1-11(2)8-14(3)10-12(9-13)4-6-15-7-5-12/h11H,4-10H2,1-3H3. The van der Waals surface area contributed by atoms with Crippen LogP contribution in [0.1, 0.15) is 26.7 Å². The van der Waals surface area contributed by atoms with Gasteiger partial charge in [0, 0.05) is 31.6 Å². The van der Waals surface area contributed by atoms with Crippen LogP contribution in [0.5, 0.6) is 0 Å². The molecule has 1 rings (SSSR count). The average molecular weight is 278 g/mol. The minimum absolute atomic E-state index is 0.446. The van der Waals surface area contributed by atoms with Gasteiger partial charge in [-0.25, -0.2) is 0 Å². The Kier molecular flexibility index (Phi) is 5.58. The molecular weight excluding hydrogens is 254 g/mol. The van der Waals surface area contributed by atoms with Gasteiger partial charge in [0.2, 0.25) is 0 Å². The lowest BCUT2D eigenvalue weighted by Gasteiger charge is -2.39. The molecule has 0 aromatic heterocycles. The largest absolute Gasteiger partial charge is 0.381 e. The Hall–Kier alpha value is 0.400. The first-order chi connectivity index (χ1) is 7.08. The molecular formula is C12H24BrNO. The van der Waals surface area contributed by atoms with Crippen molar-refractivity contribution in [3.8, 4) is 0 Å². The van der Waals surface area contributed by atoms with Crippen LogP contribution in [0.25, 0.3) is 0 Å². The molecule has 1 aliphatic rings. The van der Waals surface area contributed by atoms with E-state index in [4.69, 9.17) is 4.74 Å².